The summed E-state index contributed by atoms with van der Waals surface area (Å²) in [7, 11) is 4.26. The van der Waals surface area contributed by atoms with E-state index in [1.54, 1.807) is 12.1 Å². The quantitative estimate of drug-likeness (QED) is 0.481. The van der Waals surface area contributed by atoms with Crippen LogP contribution >= 0.6 is 0 Å². The first kappa shape index (κ1) is 24.8. The summed E-state index contributed by atoms with van der Waals surface area (Å²) in [6, 6.07) is 16.1. The van der Waals surface area contributed by atoms with Crippen molar-refractivity contribution < 1.29 is 24.2 Å². The van der Waals surface area contributed by atoms with Gasteiger partial charge in [0.15, 0.2) is 0 Å². The Labute approximate surface area is 196 Å². The molecule has 0 amide bonds. The Bertz CT molecular complexity index is 971. The van der Waals surface area contributed by atoms with Crippen LogP contribution in [0.15, 0.2) is 42.5 Å². The van der Waals surface area contributed by atoms with Gasteiger partial charge in [-0.05, 0) is 54.4 Å². The van der Waals surface area contributed by atoms with Crippen LogP contribution < -0.4 is 4.74 Å². The van der Waals surface area contributed by atoms with Crippen molar-refractivity contribution in [2.24, 2.45) is 5.92 Å². The lowest BCUT2D eigenvalue weighted by Crippen LogP contribution is -2.48. The third kappa shape index (κ3) is 7.31. The van der Waals surface area contributed by atoms with Crippen LogP contribution in [0.4, 0.5) is 0 Å². The fourth-order valence-electron chi connectivity index (χ4n) is 4.75. The van der Waals surface area contributed by atoms with Crippen LogP contribution in [0, 0.1) is 17.2 Å². The zero-order valence-electron chi connectivity index (χ0n) is 19.7. The number of nitrogens with zero attached hydrogens (tertiary/aromatic N) is 2. The number of rotatable bonds is 12. The van der Waals surface area contributed by atoms with Gasteiger partial charge in [0.05, 0.1) is 26.2 Å². The maximum absolute atomic E-state index is 10.8. The number of aliphatic hydroxyl groups excluding tert-OH is 1. The molecule has 0 saturated carbocycles. The minimum absolute atomic E-state index is 0.0661. The molecule has 0 bridgehead atoms. The van der Waals surface area contributed by atoms with E-state index in [0.717, 1.165) is 31.4 Å². The maximum atomic E-state index is 10.8. The molecule has 0 fully saturated rings. The summed E-state index contributed by atoms with van der Waals surface area (Å²) in [5.41, 5.74) is 4.15. The predicted octanol–water partition coefficient (Wildman–Crippen LogP) is 3.59. The van der Waals surface area contributed by atoms with Crippen molar-refractivity contribution >= 4 is 5.97 Å². The molecule has 6 nitrogen and oxygen atoms in total. The molecule has 3 rings (SSSR count). The second-order valence-corrected chi connectivity index (χ2v) is 9.79. The number of nitriles is 1. The molecule has 0 unspecified atom stereocenters. The van der Waals surface area contributed by atoms with Crippen LogP contribution in [-0.2, 0) is 24.1 Å². The molecule has 6 heteroatoms. The zero-order chi connectivity index (χ0) is 23.8. The first-order valence-electron chi connectivity index (χ1n) is 11.7. The van der Waals surface area contributed by atoms with E-state index in [2.05, 4.69) is 44.4 Å². The molecule has 1 aliphatic rings. The van der Waals surface area contributed by atoms with Crippen LogP contribution in [0.25, 0.3) is 0 Å². The van der Waals surface area contributed by atoms with Crippen molar-refractivity contribution in [2.75, 3.05) is 33.8 Å². The number of carbonyl (C=O) groups is 1. The van der Waals surface area contributed by atoms with Crippen molar-refractivity contribution in [2.45, 2.75) is 44.6 Å². The predicted molar refractivity (Wildman–Crippen MR) is 127 cm³/mol. The minimum atomic E-state index is -0.842. The molecule has 0 radical (unpaired) electrons. The van der Waals surface area contributed by atoms with Gasteiger partial charge in [-0.1, -0.05) is 36.4 Å². The summed E-state index contributed by atoms with van der Waals surface area (Å²) >= 11 is 0. The SMILES string of the molecule is C[N+](C)(CCC1Cc2ccccc2C1)C[C@@H](O)COc1c(C#N)cccc1CCCC(=O)O. The summed E-state index contributed by atoms with van der Waals surface area (Å²) in [6.07, 6.45) is 3.77. The van der Waals surface area contributed by atoms with E-state index >= 15 is 0 Å². The van der Waals surface area contributed by atoms with E-state index in [4.69, 9.17) is 9.84 Å². The Hall–Kier alpha value is -2.88. The third-order valence-electron chi connectivity index (χ3n) is 6.46. The number of hydrogen-bond donors (Lipinski definition) is 2. The lowest BCUT2D eigenvalue weighted by atomic mass is 10.0. The number of ether oxygens (including phenoxy) is 1. The van der Waals surface area contributed by atoms with Gasteiger partial charge in [-0.3, -0.25) is 4.79 Å². The highest BCUT2D eigenvalue weighted by Gasteiger charge is 2.26. The average Bonchev–Trinajstić information content (AvgIpc) is 3.19. The molecule has 0 spiro atoms. The van der Waals surface area contributed by atoms with Gasteiger partial charge in [0.25, 0.3) is 0 Å². The number of hydrogen-bond acceptors (Lipinski definition) is 4. The highest BCUT2D eigenvalue weighted by atomic mass is 16.5. The Morgan fingerprint density at radius 2 is 1.88 bits per heavy atom. The van der Waals surface area contributed by atoms with Gasteiger partial charge in [0.2, 0.25) is 0 Å². The number of benzene rings is 2. The van der Waals surface area contributed by atoms with Gasteiger partial charge in [-0.2, -0.15) is 5.26 Å². The number of fused-ring (bicyclic) bond motifs is 1. The smallest absolute Gasteiger partial charge is 0.303 e. The molecule has 1 aliphatic carbocycles. The number of aliphatic hydroxyl groups is 1. The van der Waals surface area contributed by atoms with Gasteiger partial charge in [0.1, 0.15) is 31.1 Å². The summed E-state index contributed by atoms with van der Waals surface area (Å²) in [6.45, 7) is 1.63. The van der Waals surface area contributed by atoms with Crippen molar-refractivity contribution in [3.63, 3.8) is 0 Å². The Morgan fingerprint density at radius 3 is 2.52 bits per heavy atom. The fraction of sp³-hybridized carbons (Fsp3) is 0.481. The lowest BCUT2D eigenvalue weighted by Gasteiger charge is -2.33. The Kier molecular flexibility index (Phi) is 8.49. The highest BCUT2D eigenvalue weighted by molar-refractivity contribution is 5.66. The second kappa shape index (κ2) is 11.3. The Morgan fingerprint density at radius 1 is 1.18 bits per heavy atom. The number of aliphatic carboxylic acids is 1. The minimum Gasteiger partial charge on any atom is -0.489 e. The van der Waals surface area contributed by atoms with Crippen molar-refractivity contribution in [1.29, 1.82) is 5.26 Å². The van der Waals surface area contributed by atoms with Gasteiger partial charge in [0, 0.05) is 12.8 Å². The molecule has 0 aromatic heterocycles. The molecular weight excluding hydrogens is 416 g/mol. The average molecular weight is 452 g/mol. The van der Waals surface area contributed by atoms with E-state index in [-0.39, 0.29) is 13.0 Å². The molecule has 33 heavy (non-hydrogen) atoms. The molecule has 1 atom stereocenters. The topological polar surface area (TPSA) is 90.5 Å². The van der Waals surface area contributed by atoms with Crippen molar-refractivity contribution in [3.8, 4) is 11.8 Å². The van der Waals surface area contributed by atoms with E-state index in [0.29, 0.717) is 41.1 Å². The lowest BCUT2D eigenvalue weighted by molar-refractivity contribution is -0.894. The summed E-state index contributed by atoms with van der Waals surface area (Å²) in [5.74, 6) is 0.272. The first-order chi connectivity index (χ1) is 15.8. The number of carboxylic acids is 1. The first-order valence-corrected chi connectivity index (χ1v) is 11.7. The van der Waals surface area contributed by atoms with E-state index in [1.165, 1.54) is 11.1 Å². The van der Waals surface area contributed by atoms with E-state index in [1.807, 2.05) is 6.07 Å². The monoisotopic (exact) mass is 451 g/mol. The third-order valence-corrected chi connectivity index (χ3v) is 6.46. The molecule has 2 N–H and O–H groups in total. The van der Waals surface area contributed by atoms with E-state index < -0.39 is 12.1 Å². The largest absolute Gasteiger partial charge is 0.489 e. The van der Waals surface area contributed by atoms with Gasteiger partial charge >= 0.3 is 5.97 Å². The highest BCUT2D eigenvalue weighted by Crippen LogP contribution is 2.29. The molecule has 0 heterocycles. The molecule has 2 aromatic carbocycles. The van der Waals surface area contributed by atoms with Crippen molar-refractivity contribution in [1.82, 2.24) is 0 Å². The molecule has 0 saturated heterocycles. The maximum Gasteiger partial charge on any atom is 0.303 e. The van der Waals surface area contributed by atoms with Gasteiger partial charge in [-0.15, -0.1) is 0 Å². The number of carboxylic acid groups (broad SMARTS) is 1. The van der Waals surface area contributed by atoms with Crippen LogP contribution in [0.1, 0.15) is 41.5 Å². The zero-order valence-corrected chi connectivity index (χ0v) is 19.7. The summed E-state index contributed by atoms with van der Waals surface area (Å²) in [4.78, 5) is 10.8. The number of para-hydroxylation sites is 1. The second-order valence-electron chi connectivity index (χ2n) is 9.79. The van der Waals surface area contributed by atoms with Crippen molar-refractivity contribution in [3.05, 3.63) is 64.7 Å². The normalized spacial score (nSPS) is 14.5. The summed E-state index contributed by atoms with van der Waals surface area (Å²) in [5, 5.41) is 29.0. The molecule has 2 aromatic rings. The van der Waals surface area contributed by atoms with Crippen LogP contribution in [-0.4, -0.2) is 60.6 Å². The Balaban J connectivity index is 1.50. The molecule has 0 aliphatic heterocycles. The van der Waals surface area contributed by atoms with Gasteiger partial charge < -0.3 is 19.4 Å². The van der Waals surface area contributed by atoms with Crippen LogP contribution in [0.2, 0.25) is 0 Å². The van der Waals surface area contributed by atoms with Crippen LogP contribution in [0.5, 0.6) is 5.75 Å². The van der Waals surface area contributed by atoms with Gasteiger partial charge in [-0.25, -0.2) is 0 Å². The number of likely N-dealkylation sites (N-methyl/N-ethyl adjacent to an activating group) is 1. The number of aryl methyl sites for hydroxylation is 1. The van der Waals surface area contributed by atoms with Crippen LogP contribution in [0.3, 0.4) is 0 Å². The van der Waals surface area contributed by atoms with E-state index in [9.17, 15) is 15.2 Å². The standard InChI is InChI=1S/C27H34N2O4/c1-29(2,14-13-20-15-22-7-3-4-8-23(22)16-20)18-25(30)19-33-27-21(10-6-12-26(31)32)9-5-11-24(27)17-28/h3-5,7-9,11,20,25,30H,6,10,12-16,18-19H2,1-2H3/p+1/t25-/m1/s1. The number of quaternary nitrogens is 1. The molecule has 176 valence electrons. The summed E-state index contributed by atoms with van der Waals surface area (Å²) < 4.78 is 6.61. The fourth-order valence-corrected chi connectivity index (χ4v) is 4.75. The molecular formula is C27H35N2O4+.